The lowest BCUT2D eigenvalue weighted by atomic mass is 10.2. The number of aliphatic hydroxyl groups excluding tert-OH is 1. The molecule has 1 amide bonds. The molecule has 2 atom stereocenters. The largest absolute Gasteiger partial charge is 0.486 e. The summed E-state index contributed by atoms with van der Waals surface area (Å²) in [5.41, 5.74) is 0.928. The first-order valence-corrected chi connectivity index (χ1v) is 7.58. The molecule has 1 heterocycles. The van der Waals surface area contributed by atoms with Gasteiger partial charge >= 0.3 is 6.09 Å². The normalized spacial score (nSPS) is 20.3. The minimum Gasteiger partial charge on any atom is -0.486 e. The molecule has 2 aromatic rings. The molecule has 0 saturated carbocycles. The van der Waals surface area contributed by atoms with Crippen molar-refractivity contribution < 1.29 is 19.4 Å². The molecular formula is C18H19NO4. The van der Waals surface area contributed by atoms with E-state index in [-0.39, 0.29) is 13.2 Å². The molecule has 120 valence electrons. The van der Waals surface area contributed by atoms with E-state index in [2.05, 4.69) is 0 Å². The van der Waals surface area contributed by atoms with Crippen molar-refractivity contribution in [1.82, 2.24) is 4.90 Å². The molecule has 0 unspecified atom stereocenters. The number of nitrogens with zero attached hydrogens (tertiary/aromatic N) is 1. The maximum Gasteiger partial charge on any atom is 0.410 e. The van der Waals surface area contributed by atoms with E-state index in [1.54, 1.807) is 0 Å². The highest BCUT2D eigenvalue weighted by molar-refractivity contribution is 5.68. The van der Waals surface area contributed by atoms with Gasteiger partial charge in [0.1, 0.15) is 24.6 Å². The Balaban J connectivity index is 1.52. The number of ether oxygens (including phenoxy) is 2. The SMILES string of the molecule is O=C(OCc1ccccc1)N1C[C@H](Oc2ccccc2)[C@@H](O)C1. The minimum atomic E-state index is -0.723. The van der Waals surface area contributed by atoms with Crippen molar-refractivity contribution >= 4 is 6.09 Å². The van der Waals surface area contributed by atoms with E-state index in [9.17, 15) is 9.90 Å². The lowest BCUT2D eigenvalue weighted by Crippen LogP contribution is -2.31. The average Bonchev–Trinajstić information content (AvgIpc) is 2.95. The highest BCUT2D eigenvalue weighted by Gasteiger charge is 2.36. The van der Waals surface area contributed by atoms with Crippen molar-refractivity contribution in [3.05, 3.63) is 66.2 Å². The van der Waals surface area contributed by atoms with Gasteiger partial charge in [-0.15, -0.1) is 0 Å². The summed E-state index contributed by atoms with van der Waals surface area (Å²) in [6.45, 7) is 0.741. The highest BCUT2D eigenvalue weighted by atomic mass is 16.6. The van der Waals surface area contributed by atoms with Crippen molar-refractivity contribution in [3.8, 4) is 5.75 Å². The number of β-amino-alcohol motifs (C(OH)–C–C–N with tert-alkyl or cyclic N) is 1. The Morgan fingerprint density at radius 1 is 1.04 bits per heavy atom. The van der Waals surface area contributed by atoms with E-state index in [1.165, 1.54) is 4.90 Å². The third-order valence-corrected chi connectivity index (χ3v) is 3.73. The van der Waals surface area contributed by atoms with Crippen molar-refractivity contribution in [2.24, 2.45) is 0 Å². The molecule has 1 aliphatic heterocycles. The predicted molar refractivity (Wildman–Crippen MR) is 85.1 cm³/mol. The summed E-state index contributed by atoms with van der Waals surface area (Å²) < 4.78 is 11.0. The molecule has 1 N–H and O–H groups in total. The molecule has 5 nitrogen and oxygen atoms in total. The third kappa shape index (κ3) is 4.02. The van der Waals surface area contributed by atoms with Gasteiger partial charge in [-0.2, -0.15) is 0 Å². The van der Waals surface area contributed by atoms with Crippen LogP contribution >= 0.6 is 0 Å². The number of benzene rings is 2. The van der Waals surface area contributed by atoms with Gasteiger partial charge in [0.05, 0.1) is 13.1 Å². The molecule has 0 aromatic heterocycles. The van der Waals surface area contributed by atoms with Gasteiger partial charge in [-0.25, -0.2) is 4.79 Å². The van der Waals surface area contributed by atoms with Gasteiger partial charge in [0.2, 0.25) is 0 Å². The zero-order valence-corrected chi connectivity index (χ0v) is 12.7. The summed E-state index contributed by atoms with van der Waals surface area (Å²) in [6, 6.07) is 18.8. The Morgan fingerprint density at radius 2 is 1.70 bits per heavy atom. The van der Waals surface area contributed by atoms with Gasteiger partial charge in [-0.1, -0.05) is 48.5 Å². The van der Waals surface area contributed by atoms with Crippen LogP contribution in [0.1, 0.15) is 5.56 Å². The molecule has 0 aliphatic carbocycles. The second-order valence-electron chi connectivity index (χ2n) is 5.48. The van der Waals surface area contributed by atoms with Crippen LogP contribution in [0.25, 0.3) is 0 Å². The molecule has 2 aromatic carbocycles. The lowest BCUT2D eigenvalue weighted by molar-refractivity contribution is 0.0735. The van der Waals surface area contributed by atoms with Crippen molar-refractivity contribution in [1.29, 1.82) is 0 Å². The van der Waals surface area contributed by atoms with Crippen LogP contribution < -0.4 is 4.74 Å². The number of carbonyl (C=O) groups is 1. The summed E-state index contributed by atoms with van der Waals surface area (Å²) in [5, 5.41) is 10.1. The molecular weight excluding hydrogens is 294 g/mol. The molecule has 3 rings (SSSR count). The van der Waals surface area contributed by atoms with Crippen LogP contribution in [-0.4, -0.2) is 41.4 Å². The van der Waals surface area contributed by atoms with E-state index in [1.807, 2.05) is 60.7 Å². The summed E-state index contributed by atoms with van der Waals surface area (Å²) in [5.74, 6) is 0.677. The summed E-state index contributed by atoms with van der Waals surface area (Å²) in [7, 11) is 0. The second kappa shape index (κ2) is 7.15. The number of hydrogen-bond acceptors (Lipinski definition) is 4. The smallest absolute Gasteiger partial charge is 0.410 e. The van der Waals surface area contributed by atoms with Crippen molar-refractivity contribution in [2.75, 3.05) is 13.1 Å². The summed E-state index contributed by atoms with van der Waals surface area (Å²) in [6.07, 6.45) is -1.60. The molecule has 5 heteroatoms. The lowest BCUT2D eigenvalue weighted by Gasteiger charge is -2.17. The van der Waals surface area contributed by atoms with Crippen LogP contribution in [0.5, 0.6) is 5.75 Å². The zero-order chi connectivity index (χ0) is 16.1. The minimum absolute atomic E-state index is 0.213. The number of carbonyl (C=O) groups excluding carboxylic acids is 1. The summed E-state index contributed by atoms with van der Waals surface area (Å²) >= 11 is 0. The molecule has 0 bridgehead atoms. The van der Waals surface area contributed by atoms with Gasteiger partial charge in [-0.05, 0) is 17.7 Å². The van der Waals surface area contributed by atoms with Crippen LogP contribution in [0.4, 0.5) is 4.79 Å². The number of amides is 1. The van der Waals surface area contributed by atoms with E-state index in [0.29, 0.717) is 12.3 Å². The Labute approximate surface area is 135 Å². The quantitative estimate of drug-likeness (QED) is 0.942. The first kappa shape index (κ1) is 15.4. The highest BCUT2D eigenvalue weighted by Crippen LogP contribution is 2.19. The first-order chi connectivity index (χ1) is 11.2. The predicted octanol–water partition coefficient (Wildman–Crippen LogP) is 2.45. The number of rotatable bonds is 4. The van der Waals surface area contributed by atoms with Crippen LogP contribution in [-0.2, 0) is 11.3 Å². The fourth-order valence-electron chi connectivity index (χ4n) is 2.51. The van der Waals surface area contributed by atoms with Crippen LogP contribution in [0.3, 0.4) is 0 Å². The molecule has 1 saturated heterocycles. The van der Waals surface area contributed by atoms with Crippen LogP contribution in [0.2, 0.25) is 0 Å². The third-order valence-electron chi connectivity index (χ3n) is 3.73. The van der Waals surface area contributed by atoms with Crippen molar-refractivity contribution in [3.63, 3.8) is 0 Å². The monoisotopic (exact) mass is 313 g/mol. The van der Waals surface area contributed by atoms with Gasteiger partial charge in [0.25, 0.3) is 0 Å². The van der Waals surface area contributed by atoms with E-state index in [4.69, 9.17) is 9.47 Å². The Morgan fingerprint density at radius 3 is 2.39 bits per heavy atom. The van der Waals surface area contributed by atoms with Crippen LogP contribution in [0, 0.1) is 0 Å². The van der Waals surface area contributed by atoms with E-state index < -0.39 is 18.3 Å². The van der Waals surface area contributed by atoms with Crippen molar-refractivity contribution in [2.45, 2.75) is 18.8 Å². The fraction of sp³-hybridized carbons (Fsp3) is 0.278. The average molecular weight is 313 g/mol. The molecule has 0 spiro atoms. The van der Waals surface area contributed by atoms with Crippen LogP contribution in [0.15, 0.2) is 60.7 Å². The molecule has 1 aliphatic rings. The number of aliphatic hydroxyl groups is 1. The maximum atomic E-state index is 12.1. The molecule has 0 radical (unpaired) electrons. The first-order valence-electron chi connectivity index (χ1n) is 7.58. The van der Waals surface area contributed by atoms with Gasteiger partial charge in [-0.3, -0.25) is 0 Å². The number of likely N-dealkylation sites (tertiary alicyclic amines) is 1. The van der Waals surface area contributed by atoms with E-state index >= 15 is 0 Å². The van der Waals surface area contributed by atoms with Gasteiger partial charge < -0.3 is 19.5 Å². The van der Waals surface area contributed by atoms with Gasteiger partial charge in [0, 0.05) is 0 Å². The number of para-hydroxylation sites is 1. The summed E-state index contributed by atoms with van der Waals surface area (Å²) in [4.78, 5) is 13.6. The second-order valence-corrected chi connectivity index (χ2v) is 5.48. The van der Waals surface area contributed by atoms with E-state index in [0.717, 1.165) is 5.56 Å². The Bertz CT molecular complexity index is 632. The topological polar surface area (TPSA) is 59.0 Å². The standard InChI is InChI=1S/C18H19NO4/c20-16-11-19(12-17(16)23-15-9-5-2-6-10-15)18(21)22-13-14-7-3-1-4-8-14/h1-10,16-17,20H,11-13H2/t16-,17-/m0/s1. The Hall–Kier alpha value is -2.53. The molecule has 1 fully saturated rings. The number of hydrogen-bond donors (Lipinski definition) is 1. The zero-order valence-electron chi connectivity index (χ0n) is 12.7. The Kier molecular flexibility index (Phi) is 4.78. The van der Waals surface area contributed by atoms with Gasteiger partial charge in [0.15, 0.2) is 0 Å². The fourth-order valence-corrected chi connectivity index (χ4v) is 2.51. The molecule has 23 heavy (non-hydrogen) atoms. The maximum absolute atomic E-state index is 12.1.